The number of nitriles is 1. The molecule has 164 valence electrons. The zero-order chi connectivity index (χ0) is 23.0. The van der Waals surface area contributed by atoms with Crippen molar-refractivity contribution in [3.8, 4) is 17.6 Å². The summed E-state index contributed by atoms with van der Waals surface area (Å²) in [6.07, 6.45) is 1.54. The van der Waals surface area contributed by atoms with Gasteiger partial charge in [-0.1, -0.05) is 71.4 Å². The average molecular weight is 457 g/mol. The number of rotatable bonds is 8. The molecule has 0 amide bonds. The van der Waals surface area contributed by atoms with Gasteiger partial charge in [0.05, 0.1) is 30.0 Å². The summed E-state index contributed by atoms with van der Waals surface area (Å²) < 4.78 is 11.5. The summed E-state index contributed by atoms with van der Waals surface area (Å²) in [6.45, 7) is 0.549. The van der Waals surface area contributed by atoms with Crippen LogP contribution in [0, 0.1) is 11.3 Å². The third kappa shape index (κ3) is 5.43. The zero-order valence-corrected chi connectivity index (χ0v) is 18.8. The molecule has 0 saturated carbocycles. The summed E-state index contributed by atoms with van der Waals surface area (Å²) in [5.41, 5.74) is 3.06. The fourth-order valence-corrected chi connectivity index (χ4v) is 3.67. The van der Waals surface area contributed by atoms with Gasteiger partial charge in [0, 0.05) is 11.1 Å². The van der Waals surface area contributed by atoms with Gasteiger partial charge in [0.1, 0.15) is 13.2 Å². The standard InChI is InChI=1S/C27H21ClN2O3/c1-31-26-14-20(16-30-33-18-24-9-5-4-8-23(24)15-29)13-25(28)27(26)32-17-19-10-11-21-6-2-3-7-22(21)12-19/h2-14,16H,17-18H2,1H3/b30-16-. The van der Waals surface area contributed by atoms with Crippen LogP contribution in [0.3, 0.4) is 0 Å². The van der Waals surface area contributed by atoms with Crippen LogP contribution in [0.4, 0.5) is 0 Å². The van der Waals surface area contributed by atoms with E-state index < -0.39 is 0 Å². The molecule has 0 radical (unpaired) electrons. The highest BCUT2D eigenvalue weighted by molar-refractivity contribution is 6.32. The summed E-state index contributed by atoms with van der Waals surface area (Å²) in [6, 6.07) is 27.2. The number of ether oxygens (including phenoxy) is 2. The molecule has 0 aliphatic rings. The Labute approximate surface area is 197 Å². The van der Waals surface area contributed by atoms with Gasteiger partial charge in [0.2, 0.25) is 0 Å². The Balaban J connectivity index is 1.43. The Morgan fingerprint density at radius 1 is 0.939 bits per heavy atom. The molecule has 0 unspecified atom stereocenters. The van der Waals surface area contributed by atoms with Crippen LogP contribution >= 0.6 is 11.6 Å². The van der Waals surface area contributed by atoms with Gasteiger partial charge in [-0.3, -0.25) is 0 Å². The smallest absolute Gasteiger partial charge is 0.180 e. The predicted molar refractivity (Wildman–Crippen MR) is 130 cm³/mol. The molecule has 0 N–H and O–H groups in total. The first-order chi connectivity index (χ1) is 16.2. The molecule has 0 bridgehead atoms. The van der Waals surface area contributed by atoms with Gasteiger partial charge in [0.15, 0.2) is 11.5 Å². The fraction of sp³-hybridized carbons (Fsp3) is 0.111. The van der Waals surface area contributed by atoms with Crippen LogP contribution in [-0.2, 0) is 18.1 Å². The first-order valence-corrected chi connectivity index (χ1v) is 10.7. The Morgan fingerprint density at radius 3 is 2.55 bits per heavy atom. The molecule has 33 heavy (non-hydrogen) atoms. The van der Waals surface area contributed by atoms with Crippen molar-refractivity contribution in [3.05, 3.63) is 106 Å². The van der Waals surface area contributed by atoms with E-state index in [1.54, 1.807) is 25.3 Å². The van der Waals surface area contributed by atoms with Crippen molar-refractivity contribution in [2.75, 3.05) is 7.11 Å². The Bertz CT molecular complexity index is 1350. The first kappa shape index (κ1) is 22.2. The summed E-state index contributed by atoms with van der Waals surface area (Å²) in [5.74, 6) is 0.966. The molecular weight excluding hydrogens is 436 g/mol. The Hall–Kier alpha value is -4.01. The number of fused-ring (bicyclic) bond motifs is 1. The van der Waals surface area contributed by atoms with Crippen molar-refractivity contribution >= 4 is 28.6 Å². The molecule has 0 saturated heterocycles. The summed E-state index contributed by atoms with van der Waals surface area (Å²) in [4.78, 5) is 5.35. The number of hydrogen-bond donors (Lipinski definition) is 0. The number of hydrogen-bond acceptors (Lipinski definition) is 5. The molecule has 4 aromatic rings. The lowest BCUT2D eigenvalue weighted by molar-refractivity contribution is 0.132. The van der Waals surface area contributed by atoms with E-state index in [-0.39, 0.29) is 6.61 Å². The second-order valence-corrected chi connectivity index (χ2v) is 7.69. The minimum absolute atomic E-state index is 0.193. The summed E-state index contributed by atoms with van der Waals surface area (Å²) in [7, 11) is 1.56. The van der Waals surface area contributed by atoms with E-state index >= 15 is 0 Å². The van der Waals surface area contributed by atoms with E-state index in [0.717, 1.165) is 16.5 Å². The van der Waals surface area contributed by atoms with Gasteiger partial charge in [-0.15, -0.1) is 0 Å². The van der Waals surface area contributed by atoms with E-state index in [1.807, 2.05) is 36.4 Å². The number of benzene rings is 4. The number of methoxy groups -OCH3 is 1. The maximum Gasteiger partial charge on any atom is 0.180 e. The largest absolute Gasteiger partial charge is 0.493 e. The van der Waals surface area contributed by atoms with Crippen LogP contribution in [0.15, 0.2) is 84.0 Å². The van der Waals surface area contributed by atoms with Crippen molar-refractivity contribution in [1.29, 1.82) is 5.26 Å². The lowest BCUT2D eigenvalue weighted by Gasteiger charge is -2.13. The van der Waals surface area contributed by atoms with Gasteiger partial charge in [-0.25, -0.2) is 0 Å². The van der Waals surface area contributed by atoms with E-state index in [0.29, 0.717) is 34.3 Å². The minimum Gasteiger partial charge on any atom is -0.493 e. The van der Waals surface area contributed by atoms with Crippen molar-refractivity contribution < 1.29 is 14.3 Å². The van der Waals surface area contributed by atoms with Crippen molar-refractivity contribution in [3.63, 3.8) is 0 Å². The third-order valence-electron chi connectivity index (χ3n) is 5.08. The highest BCUT2D eigenvalue weighted by Gasteiger charge is 2.12. The van der Waals surface area contributed by atoms with Crippen molar-refractivity contribution in [1.82, 2.24) is 0 Å². The lowest BCUT2D eigenvalue weighted by atomic mass is 10.1. The molecule has 0 atom stereocenters. The van der Waals surface area contributed by atoms with Gasteiger partial charge >= 0.3 is 0 Å². The predicted octanol–water partition coefficient (Wildman–Crippen LogP) is 6.50. The van der Waals surface area contributed by atoms with Crippen molar-refractivity contribution in [2.24, 2.45) is 5.16 Å². The van der Waals surface area contributed by atoms with E-state index in [1.165, 1.54) is 11.6 Å². The molecule has 0 aromatic heterocycles. The monoisotopic (exact) mass is 456 g/mol. The third-order valence-corrected chi connectivity index (χ3v) is 5.36. The molecule has 4 aromatic carbocycles. The molecule has 5 nitrogen and oxygen atoms in total. The summed E-state index contributed by atoms with van der Waals surface area (Å²) in [5, 5.41) is 15.9. The normalized spacial score (nSPS) is 10.8. The second kappa shape index (κ2) is 10.5. The minimum atomic E-state index is 0.193. The molecule has 0 aliphatic carbocycles. The van der Waals surface area contributed by atoms with E-state index in [4.69, 9.17) is 31.2 Å². The van der Waals surface area contributed by atoms with Gasteiger partial charge < -0.3 is 14.3 Å². The fourth-order valence-electron chi connectivity index (χ4n) is 3.40. The van der Waals surface area contributed by atoms with Crippen LogP contribution in [-0.4, -0.2) is 13.3 Å². The molecular formula is C27H21ClN2O3. The molecule has 0 aliphatic heterocycles. The second-order valence-electron chi connectivity index (χ2n) is 7.28. The van der Waals surface area contributed by atoms with E-state index in [9.17, 15) is 0 Å². The number of nitrogens with zero attached hydrogens (tertiary/aromatic N) is 2. The summed E-state index contributed by atoms with van der Waals surface area (Å²) >= 11 is 6.48. The zero-order valence-electron chi connectivity index (χ0n) is 18.0. The number of oxime groups is 1. The van der Waals surface area contributed by atoms with Crippen LogP contribution in [0.25, 0.3) is 10.8 Å². The molecule has 4 rings (SSSR count). The quantitative estimate of drug-likeness (QED) is 0.224. The first-order valence-electron chi connectivity index (χ1n) is 10.3. The van der Waals surface area contributed by atoms with E-state index in [2.05, 4.69) is 35.5 Å². The lowest BCUT2D eigenvalue weighted by Crippen LogP contribution is -2.00. The van der Waals surface area contributed by atoms with Crippen LogP contribution in [0.2, 0.25) is 5.02 Å². The van der Waals surface area contributed by atoms with Crippen LogP contribution in [0.1, 0.15) is 22.3 Å². The highest BCUT2D eigenvalue weighted by atomic mass is 35.5. The van der Waals surface area contributed by atoms with Gasteiger partial charge in [-0.2, -0.15) is 5.26 Å². The Morgan fingerprint density at radius 2 is 1.73 bits per heavy atom. The topological polar surface area (TPSA) is 63.8 Å². The molecule has 0 heterocycles. The average Bonchev–Trinajstić information content (AvgIpc) is 2.85. The maximum absolute atomic E-state index is 9.15. The maximum atomic E-state index is 9.15. The van der Waals surface area contributed by atoms with Crippen LogP contribution in [0.5, 0.6) is 11.5 Å². The van der Waals surface area contributed by atoms with Crippen molar-refractivity contribution in [2.45, 2.75) is 13.2 Å². The molecule has 0 fully saturated rings. The molecule has 0 spiro atoms. The van der Waals surface area contributed by atoms with Gasteiger partial charge in [-0.05, 0) is 40.6 Å². The number of halogens is 1. The Kier molecular flexibility index (Phi) is 7.09. The van der Waals surface area contributed by atoms with Crippen LogP contribution < -0.4 is 9.47 Å². The van der Waals surface area contributed by atoms with Gasteiger partial charge in [0.25, 0.3) is 0 Å². The molecule has 6 heteroatoms. The highest BCUT2D eigenvalue weighted by Crippen LogP contribution is 2.36. The SMILES string of the molecule is COc1cc(/C=N\OCc2ccccc2C#N)cc(Cl)c1OCc1ccc2ccccc2c1.